The van der Waals surface area contributed by atoms with Gasteiger partial charge in [-0.2, -0.15) is 0 Å². The van der Waals surface area contributed by atoms with Crippen LogP contribution in [0.4, 0.5) is 0 Å². The fraction of sp³-hybridized carbons (Fsp3) is 0.360. The van der Waals surface area contributed by atoms with E-state index in [0.717, 1.165) is 0 Å². The van der Waals surface area contributed by atoms with Crippen molar-refractivity contribution in [2.45, 2.75) is 26.0 Å². The van der Waals surface area contributed by atoms with Crippen LogP contribution in [0, 0.1) is 0 Å². The minimum atomic E-state index is -0.786. The van der Waals surface area contributed by atoms with Gasteiger partial charge >= 0.3 is 0 Å². The number of rotatable bonds is 8. The Morgan fingerprint density at radius 2 is 1.88 bits per heavy atom. The smallest absolute Gasteiger partial charge is 0.295 e. The van der Waals surface area contributed by atoms with Crippen molar-refractivity contribution in [2.75, 3.05) is 34.3 Å². The highest BCUT2D eigenvalue weighted by atomic mass is 35.5. The van der Waals surface area contributed by atoms with Crippen molar-refractivity contribution in [1.29, 1.82) is 0 Å². The molecule has 1 fully saturated rings. The van der Waals surface area contributed by atoms with Gasteiger partial charge in [-0.3, -0.25) is 9.59 Å². The maximum atomic E-state index is 13.1. The van der Waals surface area contributed by atoms with E-state index in [-0.39, 0.29) is 17.4 Å². The summed E-state index contributed by atoms with van der Waals surface area (Å²) in [6.45, 7) is 4.68. The Labute approximate surface area is 199 Å². The lowest BCUT2D eigenvalue weighted by Gasteiger charge is -2.27. The third-order valence-electron chi connectivity index (χ3n) is 5.29. The number of halogens is 1. The molecule has 1 heterocycles. The molecule has 2 aromatic rings. The first-order chi connectivity index (χ1) is 15.6. The average molecular weight is 473 g/mol. The summed E-state index contributed by atoms with van der Waals surface area (Å²) in [6.07, 6.45) is -0.0571. The van der Waals surface area contributed by atoms with Crippen LogP contribution in [0.5, 0.6) is 11.5 Å². The Kier molecular flexibility index (Phi) is 7.66. The molecule has 0 aliphatic carbocycles. The number of carbonyl (C=O) groups excluding carboxylic acids is 2. The standard InChI is InChI=1S/C25H29ClN2O5/c1-15(2)33-19-10-9-16(14-20(19)32-5)22-21(23(29)17-7-6-8-18(26)13-17)24(30)25(31)28(22)12-11-27(3)4/h6-10,13-15,22,29H,11-12H2,1-5H3/b23-21-. The van der Waals surface area contributed by atoms with Crippen LogP contribution in [0.3, 0.4) is 0 Å². The van der Waals surface area contributed by atoms with Gasteiger partial charge in [0.25, 0.3) is 11.7 Å². The second-order valence-corrected chi connectivity index (χ2v) is 8.82. The van der Waals surface area contributed by atoms with E-state index in [4.69, 9.17) is 21.1 Å². The van der Waals surface area contributed by atoms with Crippen molar-refractivity contribution in [3.63, 3.8) is 0 Å². The number of carbonyl (C=O) groups is 2. The molecule has 2 aromatic carbocycles. The summed E-state index contributed by atoms with van der Waals surface area (Å²) in [6, 6.07) is 11.0. The molecular weight excluding hydrogens is 444 g/mol. The van der Waals surface area contributed by atoms with Gasteiger partial charge in [0.1, 0.15) is 5.76 Å². The van der Waals surface area contributed by atoms with Gasteiger partial charge in [0, 0.05) is 23.7 Å². The third-order valence-corrected chi connectivity index (χ3v) is 5.53. The maximum absolute atomic E-state index is 13.1. The lowest BCUT2D eigenvalue weighted by Crippen LogP contribution is -2.35. The average Bonchev–Trinajstić information content (AvgIpc) is 3.01. The van der Waals surface area contributed by atoms with E-state index < -0.39 is 17.7 Å². The maximum Gasteiger partial charge on any atom is 0.295 e. The molecule has 0 aromatic heterocycles. The molecule has 3 rings (SSSR count). The molecule has 0 bridgehead atoms. The number of likely N-dealkylation sites (N-methyl/N-ethyl adjacent to an activating group) is 1. The predicted octanol–water partition coefficient (Wildman–Crippen LogP) is 4.12. The number of methoxy groups -OCH3 is 1. The largest absolute Gasteiger partial charge is 0.507 e. The van der Waals surface area contributed by atoms with Gasteiger partial charge in [-0.05, 0) is 57.8 Å². The molecule has 1 atom stereocenters. The zero-order chi connectivity index (χ0) is 24.3. The van der Waals surface area contributed by atoms with Crippen molar-refractivity contribution in [3.8, 4) is 11.5 Å². The first-order valence-corrected chi connectivity index (χ1v) is 11.1. The Morgan fingerprint density at radius 3 is 2.48 bits per heavy atom. The molecule has 1 aliphatic rings. The number of benzene rings is 2. The van der Waals surface area contributed by atoms with Gasteiger partial charge in [-0.1, -0.05) is 29.8 Å². The third kappa shape index (κ3) is 5.31. The number of likely N-dealkylation sites (tertiary alicyclic amines) is 1. The van der Waals surface area contributed by atoms with Crippen molar-refractivity contribution in [2.24, 2.45) is 0 Å². The van der Waals surface area contributed by atoms with Gasteiger partial charge in [0.05, 0.1) is 24.8 Å². The highest BCUT2D eigenvalue weighted by molar-refractivity contribution is 6.46. The molecule has 176 valence electrons. The highest BCUT2D eigenvalue weighted by Crippen LogP contribution is 2.42. The van der Waals surface area contributed by atoms with Crippen molar-refractivity contribution < 1.29 is 24.2 Å². The van der Waals surface area contributed by atoms with E-state index in [2.05, 4.69) is 0 Å². The van der Waals surface area contributed by atoms with Crippen LogP contribution in [0.2, 0.25) is 5.02 Å². The van der Waals surface area contributed by atoms with Gasteiger partial charge in [-0.15, -0.1) is 0 Å². The minimum absolute atomic E-state index is 0.0144. The number of aliphatic hydroxyl groups excluding tert-OH is 1. The summed E-state index contributed by atoms with van der Waals surface area (Å²) in [7, 11) is 5.30. The Hall–Kier alpha value is -3.03. The fourth-order valence-electron chi connectivity index (χ4n) is 3.76. The van der Waals surface area contributed by atoms with Crippen molar-refractivity contribution >= 4 is 29.1 Å². The minimum Gasteiger partial charge on any atom is -0.507 e. The summed E-state index contributed by atoms with van der Waals surface area (Å²) in [5, 5.41) is 11.5. The Morgan fingerprint density at radius 1 is 1.15 bits per heavy atom. The molecule has 0 saturated carbocycles. The monoisotopic (exact) mass is 472 g/mol. The second kappa shape index (κ2) is 10.3. The fourth-order valence-corrected chi connectivity index (χ4v) is 3.95. The van der Waals surface area contributed by atoms with Crippen LogP contribution in [-0.2, 0) is 9.59 Å². The molecule has 1 N–H and O–H groups in total. The lowest BCUT2D eigenvalue weighted by molar-refractivity contribution is -0.140. The molecule has 1 unspecified atom stereocenters. The van der Waals surface area contributed by atoms with Crippen molar-refractivity contribution in [1.82, 2.24) is 9.80 Å². The summed E-state index contributed by atoms with van der Waals surface area (Å²) in [5.41, 5.74) is 1.01. The van der Waals surface area contributed by atoms with Gasteiger partial charge in [-0.25, -0.2) is 0 Å². The van der Waals surface area contributed by atoms with Crippen LogP contribution < -0.4 is 9.47 Å². The van der Waals surface area contributed by atoms with Crippen LogP contribution in [0.1, 0.15) is 31.0 Å². The topological polar surface area (TPSA) is 79.3 Å². The molecule has 0 spiro atoms. The molecular formula is C25H29ClN2O5. The van der Waals surface area contributed by atoms with Crippen molar-refractivity contribution in [3.05, 3.63) is 64.2 Å². The number of aliphatic hydroxyl groups is 1. The molecule has 1 aliphatic heterocycles. The van der Waals surface area contributed by atoms with Gasteiger partial charge in [0.15, 0.2) is 11.5 Å². The first kappa shape index (κ1) is 24.6. The SMILES string of the molecule is COc1cc(C2/C(=C(/O)c3cccc(Cl)c3)C(=O)C(=O)N2CCN(C)C)ccc1OC(C)C. The van der Waals surface area contributed by atoms with E-state index in [1.165, 1.54) is 12.0 Å². The number of hydrogen-bond donors (Lipinski definition) is 1. The molecule has 33 heavy (non-hydrogen) atoms. The number of ketones is 1. The number of hydrogen-bond acceptors (Lipinski definition) is 6. The van der Waals surface area contributed by atoms with Crippen LogP contribution in [0.15, 0.2) is 48.0 Å². The van der Waals surface area contributed by atoms with Gasteiger partial charge in [0.2, 0.25) is 0 Å². The van der Waals surface area contributed by atoms with Gasteiger partial charge < -0.3 is 24.4 Å². The van der Waals surface area contributed by atoms with E-state index in [1.807, 2.05) is 32.8 Å². The van der Waals surface area contributed by atoms with Crippen LogP contribution in [0.25, 0.3) is 5.76 Å². The molecule has 7 nitrogen and oxygen atoms in total. The normalized spacial score (nSPS) is 17.8. The Bertz CT molecular complexity index is 1080. The molecule has 0 radical (unpaired) electrons. The number of amides is 1. The zero-order valence-electron chi connectivity index (χ0n) is 19.5. The summed E-state index contributed by atoms with van der Waals surface area (Å²) in [5.74, 6) is -0.641. The van der Waals surface area contributed by atoms with E-state index >= 15 is 0 Å². The summed E-state index contributed by atoms with van der Waals surface area (Å²) in [4.78, 5) is 29.5. The molecule has 1 saturated heterocycles. The number of ether oxygens (including phenoxy) is 2. The lowest BCUT2D eigenvalue weighted by atomic mass is 9.95. The Balaban J connectivity index is 2.17. The van der Waals surface area contributed by atoms with E-state index in [9.17, 15) is 14.7 Å². The number of nitrogens with zero attached hydrogens (tertiary/aromatic N) is 2. The predicted molar refractivity (Wildman–Crippen MR) is 128 cm³/mol. The van der Waals surface area contributed by atoms with E-state index in [1.54, 1.807) is 42.5 Å². The first-order valence-electron chi connectivity index (χ1n) is 10.7. The highest BCUT2D eigenvalue weighted by Gasteiger charge is 2.46. The number of Topliss-reactive ketones (excluding diaryl/α,β-unsaturated/α-hetero) is 1. The summed E-state index contributed by atoms with van der Waals surface area (Å²) >= 11 is 6.09. The molecule has 8 heteroatoms. The molecule has 1 amide bonds. The van der Waals surface area contributed by atoms with E-state index in [0.29, 0.717) is 40.7 Å². The van der Waals surface area contributed by atoms with Crippen LogP contribution >= 0.6 is 11.6 Å². The quantitative estimate of drug-likeness (QED) is 0.353. The van der Waals surface area contributed by atoms with Crippen LogP contribution in [-0.4, -0.2) is 67.0 Å². The zero-order valence-corrected chi connectivity index (χ0v) is 20.2. The summed E-state index contributed by atoms with van der Waals surface area (Å²) < 4.78 is 11.3. The second-order valence-electron chi connectivity index (χ2n) is 8.38.